The van der Waals surface area contributed by atoms with Crippen LogP contribution in [0.3, 0.4) is 0 Å². The molecule has 0 atom stereocenters. The van der Waals surface area contributed by atoms with E-state index >= 15 is 0 Å². The molecule has 0 aromatic heterocycles. The highest BCUT2D eigenvalue weighted by Crippen LogP contribution is 2.42. The van der Waals surface area contributed by atoms with Crippen LogP contribution in [0.4, 0.5) is 0 Å². The first-order chi connectivity index (χ1) is 13.9. The van der Waals surface area contributed by atoms with Crippen molar-refractivity contribution in [2.24, 2.45) is 0 Å². The van der Waals surface area contributed by atoms with Crippen LogP contribution < -0.4 is 5.19 Å². The maximum absolute atomic E-state index is 10.8. The number of aromatic hydroxyl groups is 1. The molecule has 2 rings (SSSR count). The number of rotatable bonds is 8. The Labute approximate surface area is 190 Å². The van der Waals surface area contributed by atoms with Gasteiger partial charge in [-0.2, -0.15) is 0 Å². The summed E-state index contributed by atoms with van der Waals surface area (Å²) < 4.78 is 0. The molecular formula is C27H42OSSi. The normalized spacial score (nSPS) is 12.9. The van der Waals surface area contributed by atoms with Gasteiger partial charge in [-0.3, -0.25) is 0 Å². The van der Waals surface area contributed by atoms with Gasteiger partial charge in [0.2, 0.25) is 0 Å². The smallest absolute Gasteiger partial charge is 0.119 e. The topological polar surface area (TPSA) is 20.2 Å². The highest BCUT2D eigenvalue weighted by Gasteiger charge is 2.34. The summed E-state index contributed by atoms with van der Waals surface area (Å²) in [6, 6.07) is 18.3. The molecule has 166 valence electrons. The average molecular weight is 443 g/mol. The van der Waals surface area contributed by atoms with Crippen molar-refractivity contribution in [1.29, 1.82) is 0 Å². The fraction of sp³-hybridized carbons (Fsp3) is 0.556. The Morgan fingerprint density at radius 1 is 0.800 bits per heavy atom. The van der Waals surface area contributed by atoms with Crippen LogP contribution in [0.2, 0.25) is 12.1 Å². The molecule has 30 heavy (non-hydrogen) atoms. The van der Waals surface area contributed by atoms with E-state index in [1.165, 1.54) is 40.8 Å². The molecule has 1 nitrogen and oxygen atoms in total. The molecule has 0 spiro atoms. The van der Waals surface area contributed by atoms with E-state index in [-0.39, 0.29) is 10.8 Å². The van der Waals surface area contributed by atoms with Crippen molar-refractivity contribution in [2.75, 3.05) is 5.38 Å². The lowest BCUT2D eigenvalue weighted by Gasteiger charge is -2.33. The number of hydrogen-bond donors (Lipinski definition) is 1. The fourth-order valence-electron chi connectivity index (χ4n) is 4.48. The number of benzene rings is 2. The van der Waals surface area contributed by atoms with Crippen molar-refractivity contribution >= 4 is 25.0 Å². The summed E-state index contributed by atoms with van der Waals surface area (Å²) in [4.78, 5) is 1.35. The molecule has 0 aliphatic carbocycles. The van der Waals surface area contributed by atoms with E-state index < -0.39 is 8.07 Å². The number of hydrogen-bond acceptors (Lipinski definition) is 2. The zero-order chi connectivity index (χ0) is 22.6. The van der Waals surface area contributed by atoms with Crippen LogP contribution in [0.5, 0.6) is 5.75 Å². The molecule has 2 aromatic rings. The van der Waals surface area contributed by atoms with E-state index in [2.05, 4.69) is 91.8 Å². The molecule has 2 aromatic carbocycles. The Morgan fingerprint density at radius 2 is 1.33 bits per heavy atom. The largest absolute Gasteiger partial charge is 0.508 e. The van der Waals surface area contributed by atoms with Gasteiger partial charge in [0.1, 0.15) is 5.75 Å². The van der Waals surface area contributed by atoms with Crippen molar-refractivity contribution in [3.05, 3.63) is 53.6 Å². The van der Waals surface area contributed by atoms with Crippen LogP contribution in [0.1, 0.15) is 79.4 Å². The lowest BCUT2D eigenvalue weighted by Crippen LogP contribution is -2.50. The lowest BCUT2D eigenvalue weighted by molar-refractivity contribution is 0.441. The number of phenols is 1. The molecule has 0 amide bonds. The Kier molecular flexibility index (Phi) is 8.32. The molecular weight excluding hydrogens is 400 g/mol. The second-order valence-corrected chi connectivity index (χ2v) is 16.8. The minimum Gasteiger partial charge on any atom is -0.508 e. The third kappa shape index (κ3) is 5.94. The zero-order valence-corrected chi connectivity index (χ0v) is 22.2. The highest BCUT2D eigenvalue weighted by molar-refractivity contribution is 8.01. The van der Waals surface area contributed by atoms with Crippen LogP contribution in [-0.2, 0) is 10.8 Å². The summed E-state index contributed by atoms with van der Waals surface area (Å²) >= 11 is 2.05. The molecule has 0 saturated carbocycles. The van der Waals surface area contributed by atoms with E-state index in [1.54, 1.807) is 5.19 Å². The van der Waals surface area contributed by atoms with Gasteiger partial charge < -0.3 is 5.11 Å². The van der Waals surface area contributed by atoms with Gasteiger partial charge in [0.15, 0.2) is 0 Å². The quantitative estimate of drug-likeness (QED) is 0.332. The molecule has 0 saturated heterocycles. The van der Waals surface area contributed by atoms with Crippen LogP contribution >= 0.6 is 11.8 Å². The van der Waals surface area contributed by atoms with Gasteiger partial charge in [-0.15, -0.1) is 11.8 Å². The Morgan fingerprint density at radius 3 is 1.80 bits per heavy atom. The van der Waals surface area contributed by atoms with Gasteiger partial charge in [0.05, 0.1) is 8.07 Å². The minimum atomic E-state index is -1.61. The Bertz CT molecular complexity index is 809. The van der Waals surface area contributed by atoms with Crippen LogP contribution in [0.25, 0.3) is 0 Å². The zero-order valence-electron chi connectivity index (χ0n) is 20.4. The standard InChI is InChI=1S/C27H42OSSi/c1-9-16-30(17-10-2,21-14-12-11-13-15-21)20-29-25-19-22(26(3,4)5)24(28)18-23(25)27(6,7)8/h11-15,18-19,28H,9-10,16-17,20H2,1-8H3. The van der Waals surface area contributed by atoms with E-state index in [1.807, 2.05) is 17.8 Å². The van der Waals surface area contributed by atoms with Gasteiger partial charge in [-0.1, -0.05) is 116 Å². The van der Waals surface area contributed by atoms with Crippen molar-refractivity contribution in [3.63, 3.8) is 0 Å². The number of thioether (sulfide) groups is 1. The molecule has 0 heterocycles. The van der Waals surface area contributed by atoms with Crippen molar-refractivity contribution in [3.8, 4) is 5.75 Å². The summed E-state index contributed by atoms with van der Waals surface area (Å²) in [6.45, 7) is 18.0. The summed E-state index contributed by atoms with van der Waals surface area (Å²) in [5.74, 6) is 0.436. The molecule has 1 N–H and O–H groups in total. The molecule has 0 aliphatic rings. The summed E-state index contributed by atoms with van der Waals surface area (Å²) in [7, 11) is -1.61. The first kappa shape index (κ1) is 25.1. The van der Waals surface area contributed by atoms with Crippen LogP contribution in [0, 0.1) is 0 Å². The van der Waals surface area contributed by atoms with Gasteiger partial charge in [-0.25, -0.2) is 0 Å². The molecule has 0 fully saturated rings. The first-order valence-electron chi connectivity index (χ1n) is 11.5. The molecule has 0 radical (unpaired) electrons. The second kappa shape index (κ2) is 9.95. The van der Waals surface area contributed by atoms with Gasteiger partial charge in [0, 0.05) is 10.5 Å². The average Bonchev–Trinajstić information content (AvgIpc) is 2.66. The molecule has 0 bridgehead atoms. The van der Waals surface area contributed by atoms with Gasteiger partial charge in [-0.05, 0) is 33.9 Å². The fourth-order valence-corrected chi connectivity index (χ4v) is 12.4. The maximum atomic E-state index is 10.8. The van der Waals surface area contributed by atoms with E-state index in [0.29, 0.717) is 5.75 Å². The number of phenolic OH excluding ortho intramolecular Hbond substituents is 1. The third-order valence-corrected chi connectivity index (χ3v) is 14.0. The highest BCUT2D eigenvalue weighted by atomic mass is 32.2. The SMILES string of the molecule is CCC[Si](CCC)(CSc1cc(C(C)(C)C)c(O)cc1C(C)(C)C)c1ccccc1. The summed E-state index contributed by atoms with van der Waals surface area (Å²) in [5, 5.41) is 13.6. The summed E-state index contributed by atoms with van der Waals surface area (Å²) in [6.07, 6.45) is 2.49. The predicted molar refractivity (Wildman–Crippen MR) is 138 cm³/mol. The van der Waals surface area contributed by atoms with Crippen LogP contribution in [0.15, 0.2) is 47.4 Å². The summed E-state index contributed by atoms with van der Waals surface area (Å²) in [5.41, 5.74) is 2.25. The van der Waals surface area contributed by atoms with Crippen molar-refractivity contribution in [2.45, 2.75) is 96.0 Å². The molecule has 0 aliphatic heterocycles. The van der Waals surface area contributed by atoms with E-state index in [9.17, 15) is 5.11 Å². The van der Waals surface area contributed by atoms with E-state index in [0.717, 1.165) is 5.56 Å². The Balaban J connectivity index is 2.52. The van der Waals surface area contributed by atoms with Gasteiger partial charge in [0.25, 0.3) is 0 Å². The Hall–Kier alpha value is -1.19. The monoisotopic (exact) mass is 442 g/mol. The van der Waals surface area contributed by atoms with Crippen molar-refractivity contribution in [1.82, 2.24) is 0 Å². The molecule has 3 heteroatoms. The van der Waals surface area contributed by atoms with Crippen LogP contribution in [-0.4, -0.2) is 18.6 Å². The minimum absolute atomic E-state index is 0.00268. The maximum Gasteiger partial charge on any atom is 0.119 e. The van der Waals surface area contributed by atoms with Crippen molar-refractivity contribution < 1.29 is 5.11 Å². The molecule has 0 unspecified atom stereocenters. The third-order valence-electron chi connectivity index (χ3n) is 6.06. The van der Waals surface area contributed by atoms with Gasteiger partial charge >= 0.3 is 0 Å². The lowest BCUT2D eigenvalue weighted by atomic mass is 9.81. The first-order valence-corrected chi connectivity index (χ1v) is 15.1. The second-order valence-electron chi connectivity index (χ2n) is 10.8. The van der Waals surface area contributed by atoms with E-state index in [4.69, 9.17) is 0 Å². The predicted octanol–water partition coefficient (Wildman–Crippen LogP) is 7.79.